The van der Waals surface area contributed by atoms with Crippen molar-refractivity contribution in [2.75, 3.05) is 6.54 Å². The van der Waals surface area contributed by atoms with Crippen molar-refractivity contribution in [3.63, 3.8) is 0 Å². The molecule has 2 aromatic heterocycles. The fourth-order valence-electron chi connectivity index (χ4n) is 5.49. The van der Waals surface area contributed by atoms with Crippen molar-refractivity contribution >= 4 is 17.5 Å². The van der Waals surface area contributed by atoms with Crippen LogP contribution in [0.4, 0.5) is 0 Å². The van der Waals surface area contributed by atoms with Gasteiger partial charge in [-0.25, -0.2) is 9.50 Å². The van der Waals surface area contributed by atoms with Crippen LogP contribution in [0.2, 0.25) is 0 Å². The Morgan fingerprint density at radius 1 is 1.22 bits per heavy atom. The van der Waals surface area contributed by atoms with Gasteiger partial charge in [0.05, 0.1) is 11.7 Å². The second-order valence-corrected chi connectivity index (χ2v) is 9.94. The number of H-pyrrole nitrogens is 1. The van der Waals surface area contributed by atoms with Crippen LogP contribution in [0.25, 0.3) is 5.65 Å². The Morgan fingerprint density at radius 3 is 2.69 bits per heavy atom. The number of rotatable bonds is 6. The lowest BCUT2D eigenvalue weighted by Crippen LogP contribution is -2.33. The first-order chi connectivity index (χ1) is 15.4. The molecule has 2 amide bonds. The number of nitrogens with one attached hydrogen (secondary N) is 2. The van der Waals surface area contributed by atoms with Gasteiger partial charge in [-0.1, -0.05) is 19.8 Å². The predicted octanol–water partition coefficient (Wildman–Crippen LogP) is 2.64. The van der Waals surface area contributed by atoms with Crippen LogP contribution in [0.15, 0.2) is 10.9 Å². The molecule has 3 heterocycles. The van der Waals surface area contributed by atoms with Gasteiger partial charge in [0.25, 0.3) is 5.56 Å². The van der Waals surface area contributed by atoms with E-state index in [0.717, 1.165) is 44.3 Å². The van der Waals surface area contributed by atoms with Crippen molar-refractivity contribution < 1.29 is 9.59 Å². The van der Waals surface area contributed by atoms with Gasteiger partial charge in [0, 0.05) is 42.2 Å². The number of amides is 2. The maximum absolute atomic E-state index is 13.2. The molecule has 0 aromatic carbocycles. The van der Waals surface area contributed by atoms with E-state index in [2.05, 4.69) is 22.3 Å². The zero-order chi connectivity index (χ0) is 22.4. The van der Waals surface area contributed by atoms with Crippen LogP contribution < -0.4 is 10.9 Å². The quantitative estimate of drug-likeness (QED) is 0.723. The van der Waals surface area contributed by atoms with E-state index < -0.39 is 0 Å². The van der Waals surface area contributed by atoms with Gasteiger partial charge in [0.1, 0.15) is 0 Å². The molecule has 3 fully saturated rings. The Hall–Kier alpha value is -2.64. The average molecular weight is 440 g/mol. The monoisotopic (exact) mass is 439 g/mol. The minimum Gasteiger partial charge on any atom is -0.353 e. The van der Waals surface area contributed by atoms with E-state index in [1.807, 2.05) is 17.9 Å². The highest BCUT2D eigenvalue weighted by molar-refractivity contribution is 5.82. The molecule has 2 saturated carbocycles. The molecule has 2 N–H and O–H groups in total. The van der Waals surface area contributed by atoms with Crippen molar-refractivity contribution in [1.82, 2.24) is 24.8 Å². The van der Waals surface area contributed by atoms with E-state index in [-0.39, 0.29) is 35.4 Å². The maximum Gasteiger partial charge on any atom is 0.276 e. The lowest BCUT2D eigenvalue weighted by Gasteiger charge is -2.24. The molecule has 3 aliphatic rings. The number of fused-ring (bicyclic) bond motifs is 1. The molecule has 0 unspecified atom stereocenters. The van der Waals surface area contributed by atoms with Gasteiger partial charge in [0.15, 0.2) is 5.65 Å². The minimum absolute atomic E-state index is 0.00221. The van der Waals surface area contributed by atoms with Crippen molar-refractivity contribution in [1.29, 1.82) is 0 Å². The first kappa shape index (κ1) is 21.2. The summed E-state index contributed by atoms with van der Waals surface area (Å²) in [5, 5.41) is 6.31. The summed E-state index contributed by atoms with van der Waals surface area (Å²) in [5.41, 5.74) is 2.52. The number of aromatic amines is 1. The van der Waals surface area contributed by atoms with Crippen molar-refractivity contribution in [3.05, 3.63) is 33.4 Å². The topological polar surface area (TPSA) is 99.6 Å². The average Bonchev–Trinajstić information content (AvgIpc) is 3.22. The summed E-state index contributed by atoms with van der Waals surface area (Å²) in [5.74, 6) is 0.878. The highest BCUT2D eigenvalue weighted by Gasteiger charge is 2.44. The number of hydrogen-bond acceptors (Lipinski definition) is 4. The predicted molar refractivity (Wildman–Crippen MR) is 120 cm³/mol. The van der Waals surface area contributed by atoms with Crippen LogP contribution in [0.5, 0.6) is 0 Å². The van der Waals surface area contributed by atoms with Crippen LogP contribution >= 0.6 is 0 Å². The van der Waals surface area contributed by atoms with Crippen molar-refractivity contribution in [3.8, 4) is 0 Å². The molecule has 2 aliphatic carbocycles. The van der Waals surface area contributed by atoms with Gasteiger partial charge in [-0.2, -0.15) is 0 Å². The first-order valence-corrected chi connectivity index (χ1v) is 12.1. The van der Waals surface area contributed by atoms with Crippen LogP contribution in [0.1, 0.15) is 81.3 Å². The summed E-state index contributed by atoms with van der Waals surface area (Å²) in [6.07, 6.45) is 7.94. The van der Waals surface area contributed by atoms with Crippen molar-refractivity contribution in [2.45, 2.75) is 83.7 Å². The minimum atomic E-state index is -0.154. The van der Waals surface area contributed by atoms with Gasteiger partial charge >= 0.3 is 0 Å². The zero-order valence-electron chi connectivity index (χ0n) is 19.0. The molecule has 1 saturated heterocycles. The number of carbonyl (C=O) groups is 2. The third-order valence-electron chi connectivity index (χ3n) is 7.58. The smallest absolute Gasteiger partial charge is 0.276 e. The molecular weight excluding hydrogens is 406 g/mol. The van der Waals surface area contributed by atoms with Crippen molar-refractivity contribution in [2.24, 2.45) is 11.8 Å². The summed E-state index contributed by atoms with van der Waals surface area (Å²) >= 11 is 0. The first-order valence-electron chi connectivity index (χ1n) is 12.1. The Labute approximate surface area is 187 Å². The highest BCUT2D eigenvalue weighted by Crippen LogP contribution is 2.42. The van der Waals surface area contributed by atoms with E-state index in [4.69, 9.17) is 0 Å². The Bertz CT molecular complexity index is 1100. The fourth-order valence-corrected chi connectivity index (χ4v) is 5.49. The normalized spacial score (nSPS) is 25.6. The summed E-state index contributed by atoms with van der Waals surface area (Å²) in [4.78, 5) is 45.0. The molecule has 1 aliphatic heterocycles. The summed E-state index contributed by atoms with van der Waals surface area (Å²) in [6.45, 7) is 4.72. The number of nitrogens with zero attached hydrogens (tertiary/aromatic N) is 3. The summed E-state index contributed by atoms with van der Waals surface area (Å²) in [6, 6.07) is 2.15. The van der Waals surface area contributed by atoms with E-state index in [0.29, 0.717) is 35.7 Å². The van der Waals surface area contributed by atoms with Gasteiger partial charge in [0.2, 0.25) is 11.8 Å². The number of likely N-dealkylation sites (tertiary alicyclic amines) is 1. The van der Waals surface area contributed by atoms with Crippen LogP contribution in [0, 0.1) is 18.8 Å². The number of carbonyl (C=O) groups excluding carboxylic acids is 2. The standard InChI is InChI=1S/C24H33N5O3/c1-14-12-18(14)23(31)28-11-5-8-20(28)19-13-21-25-15(2)17(24(32)29(21)27-19)9-10-22(30)26-16-6-3-4-7-16/h13-14,16,18,20,27H,3-12H2,1-2H3,(H,26,30)/t14-,18+,20+/m1/s1. The summed E-state index contributed by atoms with van der Waals surface area (Å²) < 4.78 is 1.48. The Balaban J connectivity index is 1.34. The molecule has 0 spiro atoms. The van der Waals surface area contributed by atoms with E-state index in [9.17, 15) is 14.4 Å². The largest absolute Gasteiger partial charge is 0.353 e. The molecule has 0 radical (unpaired) electrons. The third-order valence-corrected chi connectivity index (χ3v) is 7.58. The number of hydrogen-bond donors (Lipinski definition) is 2. The van der Waals surface area contributed by atoms with Crippen LogP contribution in [-0.4, -0.2) is 43.9 Å². The molecule has 5 rings (SSSR count). The SMILES string of the molecule is Cc1nc2cc([C@@H]3CCCN3C(=O)[C@H]3C[C@H]3C)[nH]n2c(=O)c1CCC(=O)NC1CCCC1. The van der Waals surface area contributed by atoms with Gasteiger partial charge in [-0.15, -0.1) is 0 Å². The van der Waals surface area contributed by atoms with E-state index >= 15 is 0 Å². The highest BCUT2D eigenvalue weighted by atomic mass is 16.2. The Kier molecular flexibility index (Phi) is 5.55. The lowest BCUT2D eigenvalue weighted by molar-refractivity contribution is -0.133. The molecule has 32 heavy (non-hydrogen) atoms. The molecule has 172 valence electrons. The lowest BCUT2D eigenvalue weighted by atomic mass is 10.1. The third kappa shape index (κ3) is 3.95. The maximum atomic E-state index is 13.2. The zero-order valence-corrected chi connectivity index (χ0v) is 19.0. The van der Waals surface area contributed by atoms with Gasteiger partial charge in [-0.05, 0) is 51.4 Å². The molecule has 8 heteroatoms. The molecule has 2 aromatic rings. The number of aryl methyl sites for hydroxylation is 1. The number of aromatic nitrogens is 3. The van der Waals surface area contributed by atoms with Crippen LogP contribution in [0.3, 0.4) is 0 Å². The Morgan fingerprint density at radius 2 is 1.97 bits per heavy atom. The van der Waals surface area contributed by atoms with E-state index in [1.54, 1.807) is 0 Å². The van der Waals surface area contributed by atoms with Gasteiger partial charge < -0.3 is 10.2 Å². The molecule has 8 nitrogen and oxygen atoms in total. The molecule has 0 bridgehead atoms. The fraction of sp³-hybridized carbons (Fsp3) is 0.667. The van der Waals surface area contributed by atoms with Gasteiger partial charge in [-0.3, -0.25) is 19.5 Å². The second kappa shape index (κ2) is 8.37. The second-order valence-electron chi connectivity index (χ2n) is 9.94. The molecule has 3 atom stereocenters. The molecular formula is C24H33N5O3. The van der Waals surface area contributed by atoms with E-state index in [1.165, 1.54) is 17.4 Å². The van der Waals surface area contributed by atoms with Crippen LogP contribution in [-0.2, 0) is 16.0 Å². The summed E-state index contributed by atoms with van der Waals surface area (Å²) in [7, 11) is 0.